The van der Waals surface area contributed by atoms with Crippen molar-refractivity contribution >= 4 is 0 Å². The van der Waals surface area contributed by atoms with Gasteiger partial charge in [-0.05, 0) is 106 Å². The maximum Gasteiger partial charge on any atom is 0.0578 e. The summed E-state index contributed by atoms with van der Waals surface area (Å²) < 4.78 is 6.27. The maximum absolute atomic E-state index is 6.27. The highest BCUT2D eigenvalue weighted by Gasteiger charge is 2.38. The topological polar surface area (TPSA) is 9.23 Å². The largest absolute Gasteiger partial charge is 0.378 e. The molecule has 0 aliphatic heterocycles. The summed E-state index contributed by atoms with van der Waals surface area (Å²) >= 11 is 0. The van der Waals surface area contributed by atoms with Gasteiger partial charge in [-0.15, -0.1) is 0 Å². The number of aryl methyl sites for hydroxylation is 2. The molecule has 2 fully saturated rings. The number of hydrogen-bond acceptors (Lipinski definition) is 1. The first-order valence-corrected chi connectivity index (χ1v) is 12.4. The van der Waals surface area contributed by atoms with Crippen LogP contribution < -0.4 is 0 Å². The molecule has 1 heteroatoms. The van der Waals surface area contributed by atoms with E-state index in [-0.39, 0.29) is 0 Å². The average molecular weight is 383 g/mol. The van der Waals surface area contributed by atoms with E-state index in [9.17, 15) is 0 Å². The Kier molecular flexibility index (Phi) is 7.15. The van der Waals surface area contributed by atoms with Crippen molar-refractivity contribution in [1.29, 1.82) is 0 Å². The Morgan fingerprint density at radius 3 is 2.46 bits per heavy atom. The average Bonchev–Trinajstić information content (AvgIpc) is 2.73. The van der Waals surface area contributed by atoms with E-state index >= 15 is 0 Å². The van der Waals surface area contributed by atoms with Gasteiger partial charge in [0.15, 0.2) is 0 Å². The molecule has 3 aliphatic rings. The van der Waals surface area contributed by atoms with Gasteiger partial charge in [0.2, 0.25) is 0 Å². The highest BCUT2D eigenvalue weighted by atomic mass is 16.5. The summed E-state index contributed by atoms with van der Waals surface area (Å²) in [6.07, 6.45) is 18.6. The summed E-state index contributed by atoms with van der Waals surface area (Å²) in [6.45, 7) is 5.52. The molecule has 0 amide bonds. The molecule has 4 rings (SSSR count). The molecule has 156 valence electrons. The minimum absolute atomic E-state index is 0.573. The fraction of sp³-hybridized carbons (Fsp3) is 0.778. The van der Waals surface area contributed by atoms with Crippen LogP contribution in [-0.2, 0) is 17.6 Å². The molecule has 0 N–H and O–H groups in total. The molecule has 5 atom stereocenters. The van der Waals surface area contributed by atoms with Gasteiger partial charge in [0.1, 0.15) is 0 Å². The van der Waals surface area contributed by atoms with E-state index in [1.54, 1.807) is 11.1 Å². The molecular weight excluding hydrogens is 340 g/mol. The quantitative estimate of drug-likeness (QED) is 0.450. The van der Waals surface area contributed by atoms with E-state index in [1.165, 1.54) is 89.0 Å². The van der Waals surface area contributed by atoms with E-state index in [0.29, 0.717) is 6.10 Å². The van der Waals surface area contributed by atoms with Gasteiger partial charge < -0.3 is 4.74 Å². The molecule has 1 aromatic carbocycles. The molecule has 0 aromatic heterocycles. The third kappa shape index (κ3) is 5.02. The number of rotatable bonds is 7. The molecule has 0 heterocycles. The summed E-state index contributed by atoms with van der Waals surface area (Å²) in [5.41, 5.74) is 4.73. The summed E-state index contributed by atoms with van der Waals surface area (Å²) in [7, 11) is 0. The van der Waals surface area contributed by atoms with Gasteiger partial charge in [-0.25, -0.2) is 0 Å². The molecule has 0 radical (unpaired) electrons. The third-order valence-corrected chi connectivity index (χ3v) is 8.25. The smallest absolute Gasteiger partial charge is 0.0578 e. The van der Waals surface area contributed by atoms with Crippen LogP contribution in [0.25, 0.3) is 0 Å². The normalized spacial score (nSPS) is 32.6. The summed E-state index contributed by atoms with van der Waals surface area (Å²) in [5.74, 6) is 3.90. The standard InChI is InChI=1S/C27H42O/c1-3-4-5-6-15-28-27-14-13-25-18-24(11-12-26(25)19-27)23-10-9-21-16-20(2)7-8-22(21)17-23/h7-8,16,23-27H,3-6,9-15,17-19H2,1-2H3. The van der Waals surface area contributed by atoms with Crippen molar-refractivity contribution in [2.75, 3.05) is 6.61 Å². The minimum atomic E-state index is 0.573. The van der Waals surface area contributed by atoms with Crippen molar-refractivity contribution in [3.63, 3.8) is 0 Å². The van der Waals surface area contributed by atoms with Crippen LogP contribution in [0.3, 0.4) is 0 Å². The van der Waals surface area contributed by atoms with E-state index in [0.717, 1.165) is 30.3 Å². The molecule has 0 saturated heterocycles. The molecular formula is C27H42O. The fourth-order valence-electron chi connectivity index (χ4n) is 6.56. The van der Waals surface area contributed by atoms with Gasteiger partial charge in [0, 0.05) is 6.61 Å². The van der Waals surface area contributed by atoms with Gasteiger partial charge in [-0.1, -0.05) is 49.9 Å². The van der Waals surface area contributed by atoms with Crippen LogP contribution in [0, 0.1) is 30.6 Å². The van der Waals surface area contributed by atoms with Crippen molar-refractivity contribution < 1.29 is 4.74 Å². The molecule has 1 nitrogen and oxygen atoms in total. The van der Waals surface area contributed by atoms with E-state index in [4.69, 9.17) is 4.74 Å². The Labute approximate surface area is 173 Å². The minimum Gasteiger partial charge on any atom is -0.378 e. The molecule has 3 aliphatic carbocycles. The zero-order chi connectivity index (χ0) is 19.3. The summed E-state index contributed by atoms with van der Waals surface area (Å²) in [6, 6.07) is 7.18. The molecule has 2 saturated carbocycles. The van der Waals surface area contributed by atoms with Crippen molar-refractivity contribution in [2.24, 2.45) is 23.7 Å². The van der Waals surface area contributed by atoms with Gasteiger partial charge >= 0.3 is 0 Å². The first kappa shape index (κ1) is 20.5. The summed E-state index contributed by atoms with van der Waals surface area (Å²) in [4.78, 5) is 0. The van der Waals surface area contributed by atoms with Crippen LogP contribution >= 0.6 is 0 Å². The monoisotopic (exact) mass is 382 g/mol. The van der Waals surface area contributed by atoms with Crippen molar-refractivity contribution in [2.45, 2.75) is 103 Å². The Balaban J connectivity index is 1.24. The second-order valence-corrected chi connectivity index (χ2v) is 10.2. The number of unbranched alkanes of at least 4 members (excludes halogenated alkanes) is 3. The first-order valence-electron chi connectivity index (χ1n) is 12.4. The lowest BCUT2D eigenvalue weighted by molar-refractivity contribution is -0.0250. The second kappa shape index (κ2) is 9.79. The summed E-state index contributed by atoms with van der Waals surface area (Å²) in [5, 5.41) is 0. The predicted molar refractivity (Wildman–Crippen MR) is 119 cm³/mol. The zero-order valence-electron chi connectivity index (χ0n) is 18.4. The molecule has 0 bridgehead atoms. The lowest BCUT2D eigenvalue weighted by Crippen LogP contribution is -2.37. The number of fused-ring (bicyclic) bond motifs is 2. The highest BCUT2D eigenvalue weighted by Crippen LogP contribution is 2.47. The first-order chi connectivity index (χ1) is 13.7. The van der Waals surface area contributed by atoms with Crippen LogP contribution in [0.2, 0.25) is 0 Å². The van der Waals surface area contributed by atoms with E-state index in [1.807, 2.05) is 0 Å². The molecule has 1 aromatic rings. The SMILES string of the molecule is CCCCCCOC1CCC2CC(C3CCc4cc(C)ccc4C3)CCC2C1. The maximum atomic E-state index is 6.27. The van der Waals surface area contributed by atoms with E-state index in [2.05, 4.69) is 32.0 Å². The number of ether oxygens (including phenoxy) is 1. The van der Waals surface area contributed by atoms with Gasteiger partial charge in [-0.2, -0.15) is 0 Å². The number of benzene rings is 1. The Hall–Kier alpha value is -0.820. The van der Waals surface area contributed by atoms with E-state index < -0.39 is 0 Å². The van der Waals surface area contributed by atoms with Crippen LogP contribution in [-0.4, -0.2) is 12.7 Å². The van der Waals surface area contributed by atoms with Crippen molar-refractivity contribution in [3.8, 4) is 0 Å². The molecule has 28 heavy (non-hydrogen) atoms. The van der Waals surface area contributed by atoms with Crippen molar-refractivity contribution in [1.82, 2.24) is 0 Å². The Bertz CT molecular complexity index is 621. The van der Waals surface area contributed by atoms with Crippen molar-refractivity contribution in [3.05, 3.63) is 34.9 Å². The van der Waals surface area contributed by atoms with Crippen LogP contribution in [0.4, 0.5) is 0 Å². The van der Waals surface area contributed by atoms with Crippen LogP contribution in [0.1, 0.15) is 94.2 Å². The van der Waals surface area contributed by atoms with Crippen LogP contribution in [0.5, 0.6) is 0 Å². The molecule has 5 unspecified atom stereocenters. The van der Waals surface area contributed by atoms with Crippen LogP contribution in [0.15, 0.2) is 18.2 Å². The zero-order valence-corrected chi connectivity index (χ0v) is 18.4. The third-order valence-electron chi connectivity index (χ3n) is 8.25. The fourth-order valence-corrected chi connectivity index (χ4v) is 6.56. The van der Waals surface area contributed by atoms with Gasteiger partial charge in [0.05, 0.1) is 6.10 Å². The van der Waals surface area contributed by atoms with Gasteiger partial charge in [-0.3, -0.25) is 0 Å². The lowest BCUT2D eigenvalue weighted by Gasteiger charge is -2.45. The lowest BCUT2D eigenvalue weighted by atomic mass is 9.62. The van der Waals surface area contributed by atoms with Gasteiger partial charge in [0.25, 0.3) is 0 Å². The number of hydrogen-bond donors (Lipinski definition) is 0. The second-order valence-electron chi connectivity index (χ2n) is 10.2. The Morgan fingerprint density at radius 1 is 0.821 bits per heavy atom. The highest BCUT2D eigenvalue weighted by molar-refractivity contribution is 5.33. The molecule has 0 spiro atoms. The Morgan fingerprint density at radius 2 is 1.61 bits per heavy atom. The predicted octanol–water partition coefficient (Wildman–Crippen LogP) is 7.28.